The smallest absolute Gasteiger partial charge is 0.295 e. The van der Waals surface area contributed by atoms with Crippen LogP contribution in [0, 0.1) is 0 Å². The van der Waals surface area contributed by atoms with Crippen molar-refractivity contribution in [2.24, 2.45) is 0 Å². The summed E-state index contributed by atoms with van der Waals surface area (Å²) in [6.07, 6.45) is 12.4. The molecule has 2 atom stereocenters. The average molecular weight is 550 g/mol. The third-order valence-corrected chi connectivity index (χ3v) is 8.45. The number of aryl methyl sites for hydroxylation is 2. The van der Waals surface area contributed by atoms with Gasteiger partial charge in [-0.25, -0.2) is 13.4 Å². The molecule has 1 aliphatic heterocycles. The first-order valence-corrected chi connectivity index (χ1v) is 14.5. The Labute approximate surface area is 223 Å². The second-order valence-electron chi connectivity index (χ2n) is 9.88. The van der Waals surface area contributed by atoms with Crippen molar-refractivity contribution >= 4 is 27.2 Å². The summed E-state index contributed by atoms with van der Waals surface area (Å²) in [5.74, 6) is -0.216. The van der Waals surface area contributed by atoms with Crippen LogP contribution in [0.15, 0.2) is 42.0 Å². The number of hydrogen-bond donors (Lipinski definition) is 3. The zero-order valence-electron chi connectivity index (χ0n) is 21.1. The monoisotopic (exact) mass is 549 g/mol. The minimum Gasteiger partial charge on any atom is -0.387 e. The van der Waals surface area contributed by atoms with Gasteiger partial charge in [-0.15, -0.1) is 10.2 Å². The number of aliphatic hydroxyl groups is 1. The number of pyridine rings is 1. The third kappa shape index (κ3) is 4.44. The number of anilines is 1. The van der Waals surface area contributed by atoms with Crippen LogP contribution < -0.4 is 5.73 Å². The maximum atomic E-state index is 12.9. The number of aromatic amines is 1. The zero-order chi connectivity index (χ0) is 27.3. The van der Waals surface area contributed by atoms with E-state index in [9.17, 15) is 18.3 Å². The summed E-state index contributed by atoms with van der Waals surface area (Å²) >= 11 is 0. The van der Waals surface area contributed by atoms with Gasteiger partial charge in [0, 0.05) is 35.8 Å². The number of aromatic nitrogens is 7. The van der Waals surface area contributed by atoms with E-state index in [0.717, 1.165) is 30.2 Å². The molecule has 0 fully saturated rings. The molecule has 1 aliphatic carbocycles. The second-order valence-corrected chi connectivity index (χ2v) is 11.8. The molecule has 1 amide bonds. The van der Waals surface area contributed by atoms with Crippen molar-refractivity contribution in [2.45, 2.75) is 55.6 Å². The fourth-order valence-corrected chi connectivity index (χ4v) is 6.45. The highest BCUT2D eigenvalue weighted by atomic mass is 32.2. The fourth-order valence-electron chi connectivity index (χ4n) is 5.41. The summed E-state index contributed by atoms with van der Waals surface area (Å²) in [6, 6.07) is 1.76. The number of fused-ring (bicyclic) bond motifs is 2. The number of nitrogen functional groups attached to an aromatic ring is 1. The molecule has 0 saturated heterocycles. The molecule has 202 valence electrons. The van der Waals surface area contributed by atoms with Crippen LogP contribution in [0.25, 0.3) is 16.8 Å². The van der Waals surface area contributed by atoms with Crippen molar-refractivity contribution in [3.8, 4) is 11.1 Å². The highest BCUT2D eigenvalue weighted by Crippen LogP contribution is 2.34. The normalized spacial score (nSPS) is 19.1. The van der Waals surface area contributed by atoms with E-state index in [0.29, 0.717) is 41.9 Å². The van der Waals surface area contributed by atoms with E-state index in [4.69, 9.17) is 10.7 Å². The van der Waals surface area contributed by atoms with Crippen molar-refractivity contribution in [1.82, 2.24) is 39.7 Å². The van der Waals surface area contributed by atoms with Gasteiger partial charge in [-0.1, -0.05) is 6.08 Å². The molecule has 13 nitrogen and oxygen atoms in total. The van der Waals surface area contributed by atoms with Crippen LogP contribution >= 0.6 is 0 Å². The van der Waals surface area contributed by atoms with Crippen molar-refractivity contribution in [2.75, 3.05) is 12.0 Å². The van der Waals surface area contributed by atoms with Gasteiger partial charge in [0.05, 0.1) is 23.7 Å². The Bertz CT molecular complexity index is 1710. The first-order chi connectivity index (χ1) is 18.7. The Balaban J connectivity index is 1.37. The van der Waals surface area contributed by atoms with Crippen molar-refractivity contribution in [1.29, 1.82) is 0 Å². The molecule has 4 aromatic rings. The van der Waals surface area contributed by atoms with Crippen LogP contribution in [-0.2, 0) is 22.7 Å². The first-order valence-electron chi connectivity index (χ1n) is 12.6. The largest absolute Gasteiger partial charge is 0.387 e. The molecule has 0 bridgehead atoms. The lowest BCUT2D eigenvalue weighted by Gasteiger charge is -2.23. The highest BCUT2D eigenvalue weighted by molar-refractivity contribution is 7.91. The van der Waals surface area contributed by atoms with Gasteiger partial charge in [0.25, 0.3) is 5.91 Å². The summed E-state index contributed by atoms with van der Waals surface area (Å²) in [6.45, 7) is 0. The van der Waals surface area contributed by atoms with Gasteiger partial charge in [0.2, 0.25) is 5.82 Å². The number of rotatable bonds is 6. The number of nitrogens with two attached hydrogens (primary N) is 1. The number of hydrogen-bond acceptors (Lipinski definition) is 10. The van der Waals surface area contributed by atoms with Gasteiger partial charge < -0.3 is 20.7 Å². The lowest BCUT2D eigenvalue weighted by atomic mass is 9.92. The molecule has 0 spiro atoms. The topological polar surface area (TPSA) is 185 Å². The van der Waals surface area contributed by atoms with Gasteiger partial charge in [-0.05, 0) is 50.2 Å². The molecule has 4 aromatic heterocycles. The van der Waals surface area contributed by atoms with Crippen LogP contribution in [0.4, 0.5) is 5.82 Å². The predicted molar refractivity (Wildman–Crippen MR) is 140 cm³/mol. The van der Waals surface area contributed by atoms with Gasteiger partial charge in [0.1, 0.15) is 17.0 Å². The Hall–Kier alpha value is -4.17. The number of sulfone groups is 1. The lowest BCUT2D eigenvalue weighted by Crippen LogP contribution is -2.34. The molecular formula is C25H27N9O4S. The minimum atomic E-state index is -3.75. The maximum absolute atomic E-state index is 12.9. The van der Waals surface area contributed by atoms with Crippen molar-refractivity contribution in [3.63, 3.8) is 0 Å². The third-order valence-electron chi connectivity index (χ3n) is 7.27. The SMILES string of the molecule is CS(=O)(=O)c1c(CCC2CC=CN2C(=O)c2nnc[nH]2)nc2c(-c3cnc4c(c3)CCCC4O)cnn2c1N. The van der Waals surface area contributed by atoms with Crippen LogP contribution in [0.3, 0.4) is 0 Å². The van der Waals surface area contributed by atoms with Gasteiger partial charge in [0.15, 0.2) is 15.5 Å². The Morgan fingerprint density at radius 2 is 2.15 bits per heavy atom. The molecular weight excluding hydrogens is 522 g/mol. The van der Waals surface area contributed by atoms with Gasteiger partial charge >= 0.3 is 0 Å². The van der Waals surface area contributed by atoms with Crippen LogP contribution in [0.2, 0.25) is 0 Å². The molecule has 14 heteroatoms. The summed E-state index contributed by atoms with van der Waals surface area (Å²) in [5, 5.41) is 22.1. The number of aliphatic hydroxyl groups excluding tert-OH is 1. The molecule has 0 radical (unpaired) electrons. The molecule has 0 aromatic carbocycles. The quantitative estimate of drug-likeness (QED) is 0.319. The van der Waals surface area contributed by atoms with Gasteiger partial charge in [-0.3, -0.25) is 9.78 Å². The standard InChI is InChI=1S/C25H27N9O4S/c1-39(37,38)21-18(8-7-16-5-3-9-33(16)25(36)23-28-13-29-32-23)31-24-17(12-30-34(24)22(21)26)15-10-14-4-2-6-19(35)20(14)27-11-15/h3,9-13,16,19,35H,2,4-8,26H2,1H3,(H,28,29,32). The second kappa shape index (κ2) is 9.54. The number of nitrogens with one attached hydrogen (secondary N) is 1. The average Bonchev–Trinajstić information content (AvgIpc) is 3.67. The number of H-pyrrole nitrogens is 1. The maximum Gasteiger partial charge on any atom is 0.295 e. The molecule has 2 aliphatic rings. The number of carbonyl (C=O) groups is 1. The van der Waals surface area contributed by atoms with Crippen LogP contribution in [-0.4, -0.2) is 71.4 Å². The van der Waals surface area contributed by atoms with Crippen LogP contribution in [0.5, 0.6) is 0 Å². The summed E-state index contributed by atoms with van der Waals surface area (Å²) < 4.78 is 27.0. The number of nitrogens with zero attached hydrogens (tertiary/aromatic N) is 7. The van der Waals surface area contributed by atoms with Gasteiger partial charge in [-0.2, -0.15) is 9.61 Å². The Morgan fingerprint density at radius 3 is 2.92 bits per heavy atom. The van der Waals surface area contributed by atoms with E-state index in [1.54, 1.807) is 23.5 Å². The molecule has 4 N–H and O–H groups in total. The van der Waals surface area contributed by atoms with E-state index in [1.165, 1.54) is 10.8 Å². The molecule has 2 unspecified atom stereocenters. The summed E-state index contributed by atoms with van der Waals surface area (Å²) in [5.41, 5.74) is 10.2. The highest BCUT2D eigenvalue weighted by Gasteiger charge is 2.30. The molecule has 39 heavy (non-hydrogen) atoms. The predicted octanol–water partition coefficient (Wildman–Crippen LogP) is 1.63. The van der Waals surface area contributed by atoms with Crippen molar-refractivity contribution in [3.05, 3.63) is 59.8 Å². The number of carbonyl (C=O) groups excluding carboxylic acids is 1. The fraction of sp³-hybridized carbons (Fsp3) is 0.360. The van der Waals surface area contributed by atoms with Crippen molar-refractivity contribution < 1.29 is 18.3 Å². The minimum absolute atomic E-state index is 0.0239. The Kier molecular flexibility index (Phi) is 6.14. The molecule has 5 heterocycles. The van der Waals surface area contributed by atoms with E-state index in [2.05, 4.69) is 25.3 Å². The van der Waals surface area contributed by atoms with Crippen LogP contribution in [0.1, 0.15) is 59.4 Å². The zero-order valence-corrected chi connectivity index (χ0v) is 22.0. The van der Waals surface area contributed by atoms with E-state index >= 15 is 0 Å². The molecule has 6 rings (SSSR count). The summed E-state index contributed by atoms with van der Waals surface area (Å²) in [4.78, 5) is 26.3. The Morgan fingerprint density at radius 1 is 1.31 bits per heavy atom. The lowest BCUT2D eigenvalue weighted by molar-refractivity contribution is 0.0767. The summed E-state index contributed by atoms with van der Waals surface area (Å²) in [7, 11) is -3.75. The van der Waals surface area contributed by atoms with E-state index in [-0.39, 0.29) is 34.9 Å². The van der Waals surface area contributed by atoms with E-state index < -0.39 is 15.9 Å². The number of amides is 1. The molecule has 0 saturated carbocycles. The van der Waals surface area contributed by atoms with E-state index in [1.807, 2.05) is 12.1 Å². The first kappa shape index (κ1) is 25.1.